The summed E-state index contributed by atoms with van der Waals surface area (Å²) in [7, 11) is 0. The maximum atomic E-state index is 12.7. The standard InChI is InChI=1S/C28H19ClN4O3/c29-21-9-13-23(14-10-21)36-22-11-6-18(7-12-22)17-30-33-28(35)27-31-24-15-8-20(16-25(24)32-27)26(34)19-4-2-1-3-5-19/h1-17H,(H,31,32)(H,33,35)/b30-17+. The summed E-state index contributed by atoms with van der Waals surface area (Å²) in [5, 5.41) is 4.64. The number of nitrogens with zero attached hydrogens (tertiary/aromatic N) is 2. The number of carbonyl (C=O) groups is 2. The first-order valence-electron chi connectivity index (χ1n) is 11.0. The first-order valence-corrected chi connectivity index (χ1v) is 11.4. The molecular weight excluding hydrogens is 476 g/mol. The van der Waals surface area contributed by atoms with E-state index in [-0.39, 0.29) is 11.6 Å². The van der Waals surface area contributed by atoms with E-state index in [0.717, 1.165) is 5.56 Å². The van der Waals surface area contributed by atoms with E-state index in [9.17, 15) is 9.59 Å². The molecule has 1 aromatic heterocycles. The number of carbonyl (C=O) groups excluding carboxylic acids is 2. The number of aromatic amines is 1. The second kappa shape index (κ2) is 10.2. The average Bonchev–Trinajstić information content (AvgIpc) is 3.35. The number of H-pyrrole nitrogens is 1. The van der Waals surface area contributed by atoms with Crippen LogP contribution in [0.3, 0.4) is 0 Å². The minimum absolute atomic E-state index is 0.0955. The van der Waals surface area contributed by atoms with Gasteiger partial charge in [0.1, 0.15) is 11.5 Å². The number of hydrazone groups is 1. The summed E-state index contributed by atoms with van der Waals surface area (Å²) in [4.78, 5) is 32.4. The number of hydrogen-bond donors (Lipinski definition) is 2. The van der Waals surface area contributed by atoms with Crippen LogP contribution in [-0.4, -0.2) is 27.9 Å². The normalized spacial score (nSPS) is 11.0. The summed E-state index contributed by atoms with van der Waals surface area (Å²) in [5.41, 5.74) is 5.48. The molecule has 0 bridgehead atoms. The minimum atomic E-state index is -0.499. The lowest BCUT2D eigenvalue weighted by molar-refractivity contribution is 0.0945. The second-order valence-electron chi connectivity index (χ2n) is 7.84. The number of ether oxygens (including phenoxy) is 1. The first kappa shape index (κ1) is 23.0. The molecule has 1 amide bonds. The van der Waals surface area contributed by atoms with Crippen molar-refractivity contribution in [2.24, 2.45) is 5.10 Å². The van der Waals surface area contributed by atoms with E-state index < -0.39 is 5.91 Å². The molecule has 0 spiro atoms. The van der Waals surface area contributed by atoms with Gasteiger partial charge in [-0.25, -0.2) is 10.4 Å². The zero-order valence-electron chi connectivity index (χ0n) is 18.8. The largest absolute Gasteiger partial charge is 0.457 e. The van der Waals surface area contributed by atoms with Crippen molar-refractivity contribution < 1.29 is 14.3 Å². The smallest absolute Gasteiger partial charge is 0.307 e. The number of benzene rings is 4. The third-order valence-electron chi connectivity index (χ3n) is 5.30. The summed E-state index contributed by atoms with van der Waals surface area (Å²) >= 11 is 5.89. The van der Waals surface area contributed by atoms with Crippen LogP contribution in [-0.2, 0) is 0 Å². The molecule has 7 nitrogen and oxygen atoms in total. The Morgan fingerprint density at radius 2 is 1.56 bits per heavy atom. The van der Waals surface area contributed by atoms with Crippen LogP contribution in [0.15, 0.2) is 102 Å². The van der Waals surface area contributed by atoms with Crippen LogP contribution in [0.2, 0.25) is 5.02 Å². The van der Waals surface area contributed by atoms with Gasteiger partial charge in [0.25, 0.3) is 0 Å². The highest BCUT2D eigenvalue weighted by Crippen LogP contribution is 2.23. The van der Waals surface area contributed by atoms with Gasteiger partial charge in [0.15, 0.2) is 11.6 Å². The van der Waals surface area contributed by atoms with Crippen LogP contribution < -0.4 is 10.2 Å². The lowest BCUT2D eigenvalue weighted by Crippen LogP contribution is -2.19. The van der Waals surface area contributed by atoms with Crippen molar-refractivity contribution in [2.45, 2.75) is 0 Å². The van der Waals surface area contributed by atoms with Gasteiger partial charge in [-0.15, -0.1) is 0 Å². The predicted molar refractivity (Wildman–Crippen MR) is 139 cm³/mol. The Bertz CT molecular complexity index is 1560. The number of imidazole rings is 1. The van der Waals surface area contributed by atoms with E-state index in [1.54, 1.807) is 66.7 Å². The van der Waals surface area contributed by atoms with Crippen LogP contribution in [0.5, 0.6) is 11.5 Å². The molecular formula is C28H19ClN4O3. The third kappa shape index (κ3) is 5.32. The van der Waals surface area contributed by atoms with Crippen molar-refractivity contribution in [3.05, 3.63) is 125 Å². The number of ketones is 1. The van der Waals surface area contributed by atoms with Gasteiger partial charge in [0.2, 0.25) is 0 Å². The number of amides is 1. The van der Waals surface area contributed by atoms with Crippen LogP contribution in [0, 0.1) is 0 Å². The number of halogens is 1. The van der Waals surface area contributed by atoms with Crippen molar-refractivity contribution in [3.63, 3.8) is 0 Å². The molecule has 0 saturated heterocycles. The molecule has 2 N–H and O–H groups in total. The number of aromatic nitrogens is 2. The third-order valence-corrected chi connectivity index (χ3v) is 5.56. The van der Waals surface area contributed by atoms with Crippen molar-refractivity contribution in [2.75, 3.05) is 0 Å². The summed E-state index contributed by atoms with van der Waals surface area (Å²) in [6, 6.07) is 28.4. The molecule has 8 heteroatoms. The zero-order valence-corrected chi connectivity index (χ0v) is 19.6. The molecule has 1 heterocycles. The van der Waals surface area contributed by atoms with Gasteiger partial charge in [-0.3, -0.25) is 9.59 Å². The van der Waals surface area contributed by atoms with Crippen molar-refractivity contribution in [1.82, 2.24) is 15.4 Å². The fraction of sp³-hybridized carbons (Fsp3) is 0. The van der Waals surface area contributed by atoms with E-state index in [0.29, 0.717) is 38.7 Å². The predicted octanol–water partition coefficient (Wildman–Crippen LogP) is 6.00. The van der Waals surface area contributed by atoms with E-state index >= 15 is 0 Å². The summed E-state index contributed by atoms with van der Waals surface area (Å²) in [6.07, 6.45) is 1.52. The highest BCUT2D eigenvalue weighted by molar-refractivity contribution is 6.30. The lowest BCUT2D eigenvalue weighted by atomic mass is 10.0. The molecule has 0 radical (unpaired) electrons. The Morgan fingerprint density at radius 3 is 2.28 bits per heavy atom. The van der Waals surface area contributed by atoms with Crippen molar-refractivity contribution in [1.29, 1.82) is 0 Å². The Labute approximate surface area is 211 Å². The van der Waals surface area contributed by atoms with Crippen LogP contribution in [0.25, 0.3) is 11.0 Å². The number of fused-ring (bicyclic) bond motifs is 1. The van der Waals surface area contributed by atoms with Crippen LogP contribution in [0.4, 0.5) is 0 Å². The first-order chi connectivity index (χ1) is 17.5. The summed E-state index contributed by atoms with van der Waals surface area (Å²) in [5.74, 6) is 0.827. The molecule has 36 heavy (non-hydrogen) atoms. The molecule has 0 saturated carbocycles. The number of hydrogen-bond acceptors (Lipinski definition) is 5. The fourth-order valence-corrected chi connectivity index (χ4v) is 3.62. The number of rotatable bonds is 7. The van der Waals surface area contributed by atoms with Crippen LogP contribution >= 0.6 is 11.6 Å². The Hall–Kier alpha value is -4.75. The highest BCUT2D eigenvalue weighted by atomic mass is 35.5. The maximum Gasteiger partial charge on any atom is 0.307 e. The molecule has 176 valence electrons. The molecule has 0 atom stereocenters. The summed E-state index contributed by atoms with van der Waals surface area (Å²) in [6.45, 7) is 0. The van der Waals surface area contributed by atoms with E-state index in [2.05, 4.69) is 20.5 Å². The Morgan fingerprint density at radius 1 is 0.861 bits per heavy atom. The van der Waals surface area contributed by atoms with Gasteiger partial charge in [0, 0.05) is 16.1 Å². The van der Waals surface area contributed by atoms with Gasteiger partial charge in [-0.1, -0.05) is 41.9 Å². The zero-order chi connectivity index (χ0) is 24.9. The van der Waals surface area contributed by atoms with Gasteiger partial charge in [0.05, 0.1) is 17.2 Å². The molecule has 0 fully saturated rings. The SMILES string of the molecule is O=C(c1ccccc1)c1ccc2nc(C(=O)N/N=C/c3ccc(Oc4ccc(Cl)cc4)cc3)[nH]c2c1. The lowest BCUT2D eigenvalue weighted by Gasteiger charge is -2.05. The minimum Gasteiger partial charge on any atom is -0.457 e. The van der Waals surface area contributed by atoms with Gasteiger partial charge < -0.3 is 9.72 Å². The van der Waals surface area contributed by atoms with Crippen molar-refractivity contribution in [3.8, 4) is 11.5 Å². The van der Waals surface area contributed by atoms with Crippen molar-refractivity contribution >= 4 is 40.5 Å². The van der Waals surface area contributed by atoms with E-state index in [1.165, 1.54) is 6.21 Å². The maximum absolute atomic E-state index is 12.7. The molecule has 0 aliphatic heterocycles. The molecule has 0 unspecified atom stereocenters. The average molecular weight is 495 g/mol. The van der Waals surface area contributed by atoms with E-state index in [1.807, 2.05) is 30.3 Å². The second-order valence-corrected chi connectivity index (χ2v) is 8.27. The van der Waals surface area contributed by atoms with Crippen LogP contribution in [0.1, 0.15) is 32.1 Å². The Balaban J connectivity index is 1.22. The quantitative estimate of drug-likeness (QED) is 0.165. The topological polar surface area (TPSA) is 96.4 Å². The van der Waals surface area contributed by atoms with Gasteiger partial charge in [-0.05, 0) is 72.3 Å². The number of nitrogens with one attached hydrogen (secondary N) is 2. The molecule has 0 aliphatic carbocycles. The molecule has 5 rings (SSSR count). The highest BCUT2D eigenvalue weighted by Gasteiger charge is 2.14. The van der Waals surface area contributed by atoms with Gasteiger partial charge in [-0.2, -0.15) is 5.10 Å². The summed E-state index contributed by atoms with van der Waals surface area (Å²) < 4.78 is 5.76. The monoisotopic (exact) mass is 494 g/mol. The van der Waals surface area contributed by atoms with Gasteiger partial charge >= 0.3 is 5.91 Å². The van der Waals surface area contributed by atoms with E-state index in [4.69, 9.17) is 16.3 Å². The molecule has 5 aromatic rings. The fourth-order valence-electron chi connectivity index (χ4n) is 3.49. The molecule has 0 aliphatic rings. The Kier molecular flexibility index (Phi) is 6.55. The molecule has 4 aromatic carbocycles.